The lowest BCUT2D eigenvalue weighted by atomic mass is 10.1. The van der Waals surface area contributed by atoms with Crippen LogP contribution in [-0.4, -0.2) is 34.2 Å². The van der Waals surface area contributed by atoms with Gasteiger partial charge >= 0.3 is 0 Å². The first-order chi connectivity index (χ1) is 16.3. The molecule has 0 radical (unpaired) electrons. The lowest BCUT2D eigenvalue weighted by molar-refractivity contribution is -0.120. The quantitative estimate of drug-likeness (QED) is 0.506. The molecular formula is C27H34N4O3. The van der Waals surface area contributed by atoms with Crippen molar-refractivity contribution < 1.29 is 14.3 Å². The van der Waals surface area contributed by atoms with Gasteiger partial charge in [-0.15, -0.1) is 5.10 Å². The molecule has 1 aromatic heterocycles. The average molecular weight is 463 g/mol. The highest BCUT2D eigenvalue weighted by atomic mass is 16.5. The zero-order valence-electron chi connectivity index (χ0n) is 20.4. The molecule has 3 rings (SSSR count). The molecule has 34 heavy (non-hydrogen) atoms. The number of hydrogen-bond acceptors (Lipinski definition) is 4. The van der Waals surface area contributed by atoms with Crippen LogP contribution in [0.4, 0.5) is 5.82 Å². The molecule has 0 aromatic carbocycles. The molecule has 2 amide bonds. The van der Waals surface area contributed by atoms with Crippen LogP contribution in [0, 0.1) is 5.92 Å². The van der Waals surface area contributed by atoms with E-state index in [-0.39, 0.29) is 24.0 Å². The second-order valence-corrected chi connectivity index (χ2v) is 9.16. The summed E-state index contributed by atoms with van der Waals surface area (Å²) < 4.78 is 7.97. The van der Waals surface area contributed by atoms with E-state index in [1.54, 1.807) is 0 Å². The van der Waals surface area contributed by atoms with E-state index in [0.29, 0.717) is 18.6 Å². The van der Waals surface area contributed by atoms with Gasteiger partial charge in [0.15, 0.2) is 5.82 Å². The minimum atomic E-state index is -0.341. The molecule has 180 valence electrons. The van der Waals surface area contributed by atoms with Crippen LogP contribution >= 0.6 is 0 Å². The number of carbonyl (C=O) groups is 2. The number of allylic oxidation sites excluding steroid dienone is 11. The lowest BCUT2D eigenvalue weighted by Gasteiger charge is -2.22. The van der Waals surface area contributed by atoms with E-state index in [2.05, 4.69) is 34.9 Å². The van der Waals surface area contributed by atoms with Gasteiger partial charge in [0.25, 0.3) is 0 Å². The third-order valence-electron chi connectivity index (χ3n) is 5.25. The summed E-state index contributed by atoms with van der Waals surface area (Å²) in [4.78, 5) is 23.5. The maximum absolute atomic E-state index is 12.8. The fourth-order valence-electron chi connectivity index (χ4n) is 3.63. The maximum atomic E-state index is 12.8. The number of nitrogens with zero attached hydrogens (tertiary/aromatic N) is 2. The largest absolute Gasteiger partial charge is 0.488 e. The van der Waals surface area contributed by atoms with Crippen LogP contribution in [0.5, 0.6) is 0 Å². The SMILES string of the molecule is CC[C@@H](CNC=O)C(=O)Nc1cc(C2=CCC=CC(OC(C)(C)C)=C2)n(C2=CC=CCC=C2)n1. The number of carbonyl (C=O) groups excluding carboxylic acids is 2. The summed E-state index contributed by atoms with van der Waals surface area (Å²) in [5.74, 6) is 0.705. The summed E-state index contributed by atoms with van der Waals surface area (Å²) in [6, 6.07) is 1.88. The van der Waals surface area contributed by atoms with Gasteiger partial charge in [0.2, 0.25) is 12.3 Å². The predicted molar refractivity (Wildman–Crippen MR) is 137 cm³/mol. The smallest absolute Gasteiger partial charge is 0.230 e. The van der Waals surface area contributed by atoms with Crippen molar-refractivity contribution in [3.05, 3.63) is 72.2 Å². The highest BCUT2D eigenvalue weighted by Crippen LogP contribution is 2.29. The molecule has 1 atom stereocenters. The van der Waals surface area contributed by atoms with Gasteiger partial charge in [-0.25, -0.2) is 4.68 Å². The Morgan fingerprint density at radius 3 is 2.76 bits per heavy atom. The van der Waals surface area contributed by atoms with Crippen LogP contribution in [-0.2, 0) is 14.3 Å². The van der Waals surface area contributed by atoms with Crippen LogP contribution in [0.1, 0.15) is 52.7 Å². The Morgan fingerprint density at radius 2 is 2.03 bits per heavy atom. The van der Waals surface area contributed by atoms with E-state index in [0.717, 1.165) is 35.6 Å². The van der Waals surface area contributed by atoms with Crippen molar-refractivity contribution in [2.45, 2.75) is 52.6 Å². The Kier molecular flexibility index (Phi) is 8.46. The fourth-order valence-corrected chi connectivity index (χ4v) is 3.63. The molecule has 0 aliphatic heterocycles. The number of anilines is 1. The average Bonchev–Trinajstić information content (AvgIpc) is 2.95. The molecule has 0 saturated heterocycles. The Labute approximate surface area is 201 Å². The molecule has 0 unspecified atom stereocenters. The lowest BCUT2D eigenvalue weighted by Crippen LogP contribution is -2.31. The number of aromatic nitrogens is 2. The molecule has 2 N–H and O–H groups in total. The van der Waals surface area contributed by atoms with Crippen LogP contribution in [0.2, 0.25) is 0 Å². The van der Waals surface area contributed by atoms with Crippen LogP contribution in [0.3, 0.4) is 0 Å². The number of nitrogens with one attached hydrogen (secondary N) is 2. The van der Waals surface area contributed by atoms with E-state index in [9.17, 15) is 9.59 Å². The molecule has 2 aliphatic carbocycles. The molecule has 1 aromatic rings. The second-order valence-electron chi connectivity index (χ2n) is 9.16. The van der Waals surface area contributed by atoms with Crippen molar-refractivity contribution in [3.63, 3.8) is 0 Å². The number of ether oxygens (including phenoxy) is 1. The standard InChI is InChI=1S/C27H34N4O3/c1-5-20(18-28-19-32)26(33)29-25-17-24(31(30-25)22-13-8-6-7-9-14-22)21-12-10-11-15-23(16-21)34-27(2,3)4/h6,8-9,11-17,19-20H,5,7,10,18H2,1-4H3,(H,28,32)(H,29,30,33)/t20-/m0/s1. The summed E-state index contributed by atoms with van der Waals surface area (Å²) in [5, 5.41) is 10.3. The first-order valence-corrected chi connectivity index (χ1v) is 11.7. The van der Waals surface area contributed by atoms with E-state index in [4.69, 9.17) is 9.84 Å². The van der Waals surface area contributed by atoms with Gasteiger partial charge in [-0.05, 0) is 64.3 Å². The van der Waals surface area contributed by atoms with Gasteiger partial charge in [0.05, 0.1) is 17.3 Å². The van der Waals surface area contributed by atoms with Gasteiger partial charge in [-0.1, -0.05) is 37.3 Å². The molecule has 0 saturated carbocycles. The predicted octanol–water partition coefficient (Wildman–Crippen LogP) is 4.99. The Balaban J connectivity index is 1.99. The highest BCUT2D eigenvalue weighted by molar-refractivity contribution is 5.93. The molecular weight excluding hydrogens is 428 g/mol. The summed E-state index contributed by atoms with van der Waals surface area (Å²) >= 11 is 0. The van der Waals surface area contributed by atoms with Crippen LogP contribution in [0.25, 0.3) is 11.3 Å². The zero-order valence-corrected chi connectivity index (χ0v) is 20.4. The third kappa shape index (κ3) is 6.94. The number of amides is 2. The van der Waals surface area contributed by atoms with Crippen molar-refractivity contribution in [2.24, 2.45) is 5.92 Å². The van der Waals surface area contributed by atoms with Gasteiger partial charge in [-0.3, -0.25) is 9.59 Å². The van der Waals surface area contributed by atoms with Gasteiger partial charge in [0, 0.05) is 18.2 Å². The van der Waals surface area contributed by atoms with E-state index >= 15 is 0 Å². The molecule has 2 aliphatic rings. The van der Waals surface area contributed by atoms with Crippen molar-refractivity contribution in [2.75, 3.05) is 11.9 Å². The van der Waals surface area contributed by atoms with E-state index in [1.165, 1.54) is 0 Å². The van der Waals surface area contributed by atoms with E-state index in [1.807, 2.05) is 68.8 Å². The van der Waals surface area contributed by atoms with Crippen molar-refractivity contribution >= 4 is 29.4 Å². The first-order valence-electron chi connectivity index (χ1n) is 11.7. The summed E-state index contributed by atoms with van der Waals surface area (Å²) in [6.45, 7) is 8.26. The van der Waals surface area contributed by atoms with Crippen LogP contribution in [0.15, 0.2) is 66.5 Å². The molecule has 1 heterocycles. The molecule has 0 spiro atoms. The molecule has 0 bridgehead atoms. The van der Waals surface area contributed by atoms with Gasteiger partial charge in [0.1, 0.15) is 11.4 Å². The number of hydrogen-bond donors (Lipinski definition) is 2. The minimum absolute atomic E-state index is 0.179. The molecule has 0 fully saturated rings. The Bertz CT molecular complexity index is 1080. The second kappa shape index (κ2) is 11.5. The van der Waals surface area contributed by atoms with Gasteiger partial charge in [-0.2, -0.15) is 0 Å². The zero-order chi connectivity index (χ0) is 24.6. The molecule has 7 heteroatoms. The van der Waals surface area contributed by atoms with Crippen molar-refractivity contribution in [3.8, 4) is 0 Å². The Hall–Kier alpha value is -3.61. The third-order valence-corrected chi connectivity index (χ3v) is 5.25. The molecule has 7 nitrogen and oxygen atoms in total. The van der Waals surface area contributed by atoms with E-state index < -0.39 is 0 Å². The first kappa shape index (κ1) is 25.0. The normalized spacial score (nSPS) is 16.5. The van der Waals surface area contributed by atoms with Gasteiger partial charge < -0.3 is 15.4 Å². The van der Waals surface area contributed by atoms with Crippen molar-refractivity contribution in [1.29, 1.82) is 0 Å². The monoisotopic (exact) mass is 462 g/mol. The summed E-state index contributed by atoms with van der Waals surface area (Å²) in [6.07, 6.45) is 21.2. The fraction of sp³-hybridized carbons (Fsp3) is 0.370. The number of rotatable bonds is 9. The summed E-state index contributed by atoms with van der Waals surface area (Å²) in [5.41, 5.74) is 2.37. The Morgan fingerprint density at radius 1 is 1.24 bits per heavy atom. The highest BCUT2D eigenvalue weighted by Gasteiger charge is 2.21. The minimum Gasteiger partial charge on any atom is -0.488 e. The maximum Gasteiger partial charge on any atom is 0.230 e. The van der Waals surface area contributed by atoms with Crippen molar-refractivity contribution in [1.82, 2.24) is 15.1 Å². The summed E-state index contributed by atoms with van der Waals surface area (Å²) in [7, 11) is 0. The van der Waals surface area contributed by atoms with Crippen LogP contribution < -0.4 is 10.6 Å². The topological polar surface area (TPSA) is 85.3 Å².